The Morgan fingerprint density at radius 2 is 1.61 bits per heavy atom. The van der Waals surface area contributed by atoms with Gasteiger partial charge in [-0.1, -0.05) is 32.6 Å². The first kappa shape index (κ1) is 17.6. The fourth-order valence-electron chi connectivity index (χ4n) is 1.86. The normalized spacial score (nSPS) is 13.3. The molecule has 0 spiro atoms. The topological polar surface area (TPSA) is 57.2 Å². The quantitative estimate of drug-likeness (QED) is 0.350. The van der Waals surface area contributed by atoms with Gasteiger partial charge in [-0.2, -0.15) is 0 Å². The minimum atomic E-state index is -4.22. The van der Waals surface area contributed by atoms with Gasteiger partial charge in [-0.05, 0) is 18.9 Å². The average molecular weight is 277 g/mol. The molecule has 0 aliphatic rings. The van der Waals surface area contributed by atoms with Crippen LogP contribution in [-0.4, -0.2) is 44.6 Å². The summed E-state index contributed by atoms with van der Waals surface area (Å²) in [7, 11) is -0.124. The molecule has 0 bridgehead atoms. The molecule has 108 valence electrons. The molecule has 0 aliphatic carbocycles. The largest absolute Gasteiger partial charge is 0.744 e. The smallest absolute Gasteiger partial charge is 0.117 e. The van der Waals surface area contributed by atoms with Crippen LogP contribution in [0.25, 0.3) is 0 Å². The fraction of sp³-hybridized carbons (Fsp3) is 0.846. The van der Waals surface area contributed by atoms with Crippen LogP contribution >= 0.6 is 0 Å². The summed E-state index contributed by atoms with van der Waals surface area (Å²) < 4.78 is 32.0. The summed E-state index contributed by atoms with van der Waals surface area (Å²) in [4.78, 5) is 0. The fourth-order valence-corrected chi connectivity index (χ4v) is 2.18. The van der Waals surface area contributed by atoms with Gasteiger partial charge in [0.2, 0.25) is 0 Å². The predicted molar refractivity (Wildman–Crippen MR) is 74.1 cm³/mol. The number of unbranched alkanes of at least 4 members (excludes halogenated alkanes) is 5. The molecule has 0 atom stereocenters. The standard InChI is InChI=1S/C13H27NO3S/c1-4-5-6-7-8-9-11-14(2,3)12-10-13-18(15,16)17/h10,13H,4-9,11-12H2,1-3H3. The van der Waals surface area contributed by atoms with E-state index >= 15 is 0 Å². The molecule has 0 N–H and O–H groups in total. The highest BCUT2D eigenvalue weighted by molar-refractivity contribution is 7.88. The maximum absolute atomic E-state index is 10.4. The molecule has 5 heteroatoms. The van der Waals surface area contributed by atoms with E-state index < -0.39 is 10.1 Å². The van der Waals surface area contributed by atoms with Crippen LogP contribution in [0.5, 0.6) is 0 Å². The third-order valence-corrected chi connectivity index (χ3v) is 3.51. The summed E-state index contributed by atoms with van der Waals surface area (Å²) in [5, 5.41) is 0.758. The lowest BCUT2D eigenvalue weighted by atomic mass is 10.1. The van der Waals surface area contributed by atoms with Gasteiger partial charge < -0.3 is 9.04 Å². The zero-order valence-corrected chi connectivity index (χ0v) is 12.7. The number of quaternary nitrogens is 1. The van der Waals surface area contributed by atoms with Crippen LogP contribution < -0.4 is 0 Å². The molecule has 4 nitrogen and oxygen atoms in total. The van der Waals surface area contributed by atoms with Crippen LogP contribution in [0.15, 0.2) is 11.5 Å². The lowest BCUT2D eigenvalue weighted by Crippen LogP contribution is -2.40. The molecule has 0 rings (SSSR count). The number of hydrogen-bond acceptors (Lipinski definition) is 3. The Kier molecular flexibility index (Phi) is 8.48. The zero-order chi connectivity index (χ0) is 14.1. The SMILES string of the molecule is CCCCCCCC[N+](C)(C)CC=CS(=O)(=O)[O-]. The highest BCUT2D eigenvalue weighted by Gasteiger charge is 2.11. The summed E-state index contributed by atoms with van der Waals surface area (Å²) in [6.45, 7) is 3.79. The molecule has 0 fully saturated rings. The van der Waals surface area contributed by atoms with Crippen molar-refractivity contribution in [3.63, 3.8) is 0 Å². The Labute approximate surface area is 112 Å². The van der Waals surface area contributed by atoms with Crippen LogP contribution in [0.4, 0.5) is 0 Å². The molecule has 0 aromatic heterocycles. The molecule has 0 aromatic rings. The van der Waals surface area contributed by atoms with Crippen molar-refractivity contribution in [1.82, 2.24) is 0 Å². The van der Waals surface area contributed by atoms with Crippen molar-refractivity contribution in [3.8, 4) is 0 Å². The second kappa shape index (κ2) is 8.67. The van der Waals surface area contributed by atoms with E-state index in [1.54, 1.807) is 0 Å². The number of rotatable bonds is 10. The van der Waals surface area contributed by atoms with Crippen molar-refractivity contribution in [2.45, 2.75) is 45.4 Å². The third-order valence-electron chi connectivity index (χ3n) is 2.98. The maximum atomic E-state index is 10.4. The summed E-state index contributed by atoms with van der Waals surface area (Å²) in [5.74, 6) is 0. The number of nitrogens with zero attached hydrogens (tertiary/aromatic N) is 1. The molecule has 0 saturated carbocycles. The van der Waals surface area contributed by atoms with Crippen LogP contribution in [0.1, 0.15) is 45.4 Å². The summed E-state index contributed by atoms with van der Waals surface area (Å²) in [6.07, 6.45) is 8.98. The van der Waals surface area contributed by atoms with Gasteiger partial charge >= 0.3 is 0 Å². The van der Waals surface area contributed by atoms with E-state index in [0.29, 0.717) is 6.54 Å². The molecular formula is C13H27NO3S. The van der Waals surface area contributed by atoms with Gasteiger partial charge in [-0.3, -0.25) is 0 Å². The average Bonchev–Trinajstić information content (AvgIpc) is 2.21. The second-order valence-electron chi connectivity index (χ2n) is 5.47. The van der Waals surface area contributed by atoms with Gasteiger partial charge in [0.1, 0.15) is 10.1 Å². The molecule has 0 aromatic carbocycles. The highest BCUT2D eigenvalue weighted by Crippen LogP contribution is 2.08. The Morgan fingerprint density at radius 3 is 2.17 bits per heavy atom. The van der Waals surface area contributed by atoms with Gasteiger partial charge in [-0.15, -0.1) is 0 Å². The predicted octanol–water partition coefficient (Wildman–Crippen LogP) is 2.48. The van der Waals surface area contributed by atoms with E-state index in [-0.39, 0.29) is 0 Å². The van der Waals surface area contributed by atoms with Crippen molar-refractivity contribution < 1.29 is 17.5 Å². The number of likely N-dealkylation sites (N-methyl/N-ethyl adjacent to an activating group) is 1. The summed E-state index contributed by atoms with van der Waals surface area (Å²) >= 11 is 0. The Bertz CT molecular complexity index is 334. The molecule has 0 saturated heterocycles. The van der Waals surface area contributed by atoms with E-state index in [2.05, 4.69) is 6.92 Å². The lowest BCUT2D eigenvalue weighted by molar-refractivity contribution is -0.884. The molecule has 0 amide bonds. The Hall–Kier alpha value is -0.390. The van der Waals surface area contributed by atoms with Gasteiger partial charge in [0, 0.05) is 5.41 Å². The van der Waals surface area contributed by atoms with E-state index in [0.717, 1.165) is 22.9 Å². The molecule has 0 heterocycles. The summed E-state index contributed by atoms with van der Waals surface area (Å²) in [6, 6.07) is 0. The van der Waals surface area contributed by atoms with Gasteiger partial charge in [-0.25, -0.2) is 8.42 Å². The maximum Gasteiger partial charge on any atom is 0.117 e. The van der Waals surface area contributed by atoms with Crippen LogP contribution in [0.3, 0.4) is 0 Å². The van der Waals surface area contributed by atoms with Crippen molar-refractivity contribution in [1.29, 1.82) is 0 Å². The number of hydrogen-bond donors (Lipinski definition) is 0. The second-order valence-corrected chi connectivity index (χ2v) is 6.73. The van der Waals surface area contributed by atoms with Crippen molar-refractivity contribution in [3.05, 3.63) is 11.5 Å². The summed E-state index contributed by atoms with van der Waals surface area (Å²) in [5.41, 5.74) is 0. The zero-order valence-electron chi connectivity index (χ0n) is 11.9. The molecular weight excluding hydrogens is 250 g/mol. The van der Waals surface area contributed by atoms with Gasteiger partial charge in [0.05, 0.1) is 27.2 Å². The minimum absolute atomic E-state index is 0.580. The van der Waals surface area contributed by atoms with E-state index in [9.17, 15) is 13.0 Å². The van der Waals surface area contributed by atoms with Crippen molar-refractivity contribution >= 4 is 10.1 Å². The minimum Gasteiger partial charge on any atom is -0.744 e. The monoisotopic (exact) mass is 277 g/mol. The molecule has 0 aliphatic heterocycles. The molecule has 18 heavy (non-hydrogen) atoms. The molecule has 0 radical (unpaired) electrons. The van der Waals surface area contributed by atoms with Gasteiger partial charge in [0.15, 0.2) is 0 Å². The first-order chi connectivity index (χ1) is 8.27. The van der Waals surface area contributed by atoms with E-state index in [1.807, 2.05) is 14.1 Å². The van der Waals surface area contributed by atoms with Crippen LogP contribution in [0.2, 0.25) is 0 Å². The Balaban J connectivity index is 3.77. The van der Waals surface area contributed by atoms with Crippen LogP contribution in [0, 0.1) is 0 Å². The van der Waals surface area contributed by atoms with Crippen molar-refractivity contribution in [2.24, 2.45) is 0 Å². The molecule has 0 unspecified atom stereocenters. The van der Waals surface area contributed by atoms with E-state index in [1.165, 1.54) is 38.2 Å². The Morgan fingerprint density at radius 1 is 1.06 bits per heavy atom. The third kappa shape index (κ3) is 12.1. The first-order valence-corrected chi connectivity index (χ1v) is 8.18. The first-order valence-electron chi connectivity index (χ1n) is 6.71. The highest BCUT2D eigenvalue weighted by atomic mass is 32.2. The van der Waals surface area contributed by atoms with E-state index in [4.69, 9.17) is 0 Å². The lowest BCUT2D eigenvalue weighted by Gasteiger charge is -2.28. The van der Waals surface area contributed by atoms with Crippen molar-refractivity contribution in [2.75, 3.05) is 27.2 Å². The van der Waals surface area contributed by atoms with Gasteiger partial charge in [0.25, 0.3) is 0 Å². The van der Waals surface area contributed by atoms with Crippen LogP contribution in [-0.2, 0) is 10.1 Å².